The van der Waals surface area contributed by atoms with Crippen molar-refractivity contribution in [2.24, 2.45) is 0 Å². The fourth-order valence-electron chi connectivity index (χ4n) is 5.19. The first kappa shape index (κ1) is 38.9. The average molecular weight is 564 g/mol. The smallest absolute Gasteiger partial charge is 0.220 e. The summed E-state index contributed by atoms with van der Waals surface area (Å²) in [5.74, 6) is -0.0817. The van der Waals surface area contributed by atoms with Crippen molar-refractivity contribution >= 4 is 5.91 Å². The molecule has 0 bridgehead atoms. The Balaban J connectivity index is 3.60. The Kier molecular flexibility index (Phi) is 31.5. The summed E-state index contributed by atoms with van der Waals surface area (Å²) in [6.07, 6.45) is 39.9. The van der Waals surface area contributed by atoms with E-state index in [2.05, 4.69) is 31.3 Å². The number of hydrogen-bond donors (Lipinski definition) is 3. The van der Waals surface area contributed by atoms with Crippen LogP contribution in [0, 0.1) is 0 Å². The molecule has 4 heteroatoms. The molecular weight excluding hydrogens is 494 g/mol. The van der Waals surface area contributed by atoms with E-state index in [4.69, 9.17) is 0 Å². The van der Waals surface area contributed by atoms with Crippen LogP contribution in [0.4, 0.5) is 0 Å². The van der Waals surface area contributed by atoms with Gasteiger partial charge in [-0.2, -0.15) is 0 Å². The molecule has 0 aliphatic carbocycles. The first-order valence-electron chi connectivity index (χ1n) is 17.6. The fourth-order valence-corrected chi connectivity index (χ4v) is 5.19. The van der Waals surface area contributed by atoms with E-state index in [0.717, 1.165) is 32.1 Å². The normalized spacial score (nSPS) is 13.4. The maximum atomic E-state index is 12.2. The number of amides is 1. The summed E-state index contributed by atoms with van der Waals surface area (Å²) in [5.41, 5.74) is 0. The van der Waals surface area contributed by atoms with Crippen molar-refractivity contribution in [3.05, 3.63) is 24.3 Å². The number of carbonyl (C=O) groups is 1. The summed E-state index contributed by atoms with van der Waals surface area (Å²) in [7, 11) is 0. The molecule has 2 unspecified atom stereocenters. The SMILES string of the molecule is CCCCCCCCCCCCCCCCC/C=C/CC/C=C/C(O)C(CO)NC(=O)CCCCCCCCC. The molecule has 0 heterocycles. The maximum Gasteiger partial charge on any atom is 0.220 e. The Morgan fingerprint density at radius 2 is 0.975 bits per heavy atom. The van der Waals surface area contributed by atoms with Crippen LogP contribution in [0.25, 0.3) is 0 Å². The molecule has 0 spiro atoms. The van der Waals surface area contributed by atoms with E-state index in [9.17, 15) is 15.0 Å². The number of allylic oxidation sites excluding steroid dienone is 3. The number of unbranched alkanes of at least 4 members (excludes halogenated alkanes) is 22. The van der Waals surface area contributed by atoms with Gasteiger partial charge in [0.15, 0.2) is 0 Å². The van der Waals surface area contributed by atoms with Crippen molar-refractivity contribution in [3.8, 4) is 0 Å². The second kappa shape index (κ2) is 32.4. The number of carbonyl (C=O) groups excluding carboxylic acids is 1. The largest absolute Gasteiger partial charge is 0.394 e. The predicted molar refractivity (Wildman–Crippen MR) is 175 cm³/mol. The molecule has 1 amide bonds. The van der Waals surface area contributed by atoms with Gasteiger partial charge in [0.25, 0.3) is 0 Å². The first-order valence-corrected chi connectivity index (χ1v) is 17.6. The first-order chi connectivity index (χ1) is 19.7. The third-order valence-electron chi connectivity index (χ3n) is 7.94. The lowest BCUT2D eigenvalue weighted by Gasteiger charge is -2.19. The van der Waals surface area contributed by atoms with Gasteiger partial charge in [-0.15, -0.1) is 0 Å². The van der Waals surface area contributed by atoms with Crippen LogP contribution in [0.1, 0.15) is 181 Å². The summed E-state index contributed by atoms with van der Waals surface area (Å²) in [6.45, 7) is 4.24. The van der Waals surface area contributed by atoms with Gasteiger partial charge in [0.2, 0.25) is 5.91 Å². The predicted octanol–water partition coefficient (Wildman–Crippen LogP) is 10.1. The minimum atomic E-state index is -0.854. The highest BCUT2D eigenvalue weighted by Crippen LogP contribution is 2.14. The lowest BCUT2D eigenvalue weighted by molar-refractivity contribution is -0.123. The van der Waals surface area contributed by atoms with Crippen molar-refractivity contribution in [2.75, 3.05) is 6.61 Å². The highest BCUT2D eigenvalue weighted by molar-refractivity contribution is 5.76. The van der Waals surface area contributed by atoms with Crippen molar-refractivity contribution in [3.63, 3.8) is 0 Å². The Labute approximate surface area is 249 Å². The summed E-state index contributed by atoms with van der Waals surface area (Å²) in [4.78, 5) is 12.2. The van der Waals surface area contributed by atoms with E-state index in [1.54, 1.807) is 6.08 Å². The van der Waals surface area contributed by atoms with E-state index < -0.39 is 12.1 Å². The van der Waals surface area contributed by atoms with Crippen LogP contribution in [0.3, 0.4) is 0 Å². The molecular formula is C36H69NO3. The zero-order valence-electron chi connectivity index (χ0n) is 26.9. The van der Waals surface area contributed by atoms with Crippen molar-refractivity contribution in [1.29, 1.82) is 0 Å². The Bertz CT molecular complexity index is 574. The number of nitrogens with one attached hydrogen (secondary N) is 1. The lowest BCUT2D eigenvalue weighted by atomic mass is 10.0. The van der Waals surface area contributed by atoms with E-state index in [-0.39, 0.29) is 12.5 Å². The average Bonchev–Trinajstić information content (AvgIpc) is 2.96. The standard InChI is InChI=1S/C36H69NO3/c1-3-5-7-9-11-12-13-14-15-16-17-18-19-20-21-22-23-24-26-27-29-31-35(39)34(33-38)37-36(40)32-30-28-25-10-8-6-4-2/h23-24,29,31,34-35,38-39H,3-22,25-28,30,32-33H2,1-2H3,(H,37,40)/b24-23+,31-29+. The monoisotopic (exact) mass is 564 g/mol. The Morgan fingerprint density at radius 1 is 0.575 bits per heavy atom. The summed E-state index contributed by atoms with van der Waals surface area (Å²) in [6, 6.07) is -0.631. The second-order valence-electron chi connectivity index (χ2n) is 11.9. The quantitative estimate of drug-likeness (QED) is 0.0580. The lowest BCUT2D eigenvalue weighted by Crippen LogP contribution is -2.45. The van der Waals surface area contributed by atoms with Gasteiger partial charge >= 0.3 is 0 Å². The van der Waals surface area contributed by atoms with Gasteiger partial charge in [-0.3, -0.25) is 4.79 Å². The van der Waals surface area contributed by atoms with Crippen molar-refractivity contribution in [1.82, 2.24) is 5.32 Å². The van der Waals surface area contributed by atoms with Crippen LogP contribution in [-0.4, -0.2) is 34.9 Å². The molecule has 0 saturated heterocycles. The molecule has 3 N–H and O–H groups in total. The van der Waals surface area contributed by atoms with E-state index in [1.165, 1.54) is 128 Å². The maximum absolute atomic E-state index is 12.2. The van der Waals surface area contributed by atoms with Crippen molar-refractivity contribution < 1.29 is 15.0 Å². The molecule has 0 aromatic carbocycles. The van der Waals surface area contributed by atoms with Gasteiger partial charge in [-0.05, 0) is 32.1 Å². The summed E-state index contributed by atoms with van der Waals surface area (Å²) >= 11 is 0. The third-order valence-corrected chi connectivity index (χ3v) is 7.94. The number of aliphatic hydroxyl groups is 2. The van der Waals surface area contributed by atoms with E-state index >= 15 is 0 Å². The second-order valence-corrected chi connectivity index (χ2v) is 11.9. The summed E-state index contributed by atoms with van der Waals surface area (Å²) in [5, 5.41) is 22.7. The molecule has 40 heavy (non-hydrogen) atoms. The molecule has 0 fully saturated rings. The van der Waals surface area contributed by atoms with Crippen LogP contribution >= 0.6 is 0 Å². The van der Waals surface area contributed by atoms with Crippen LogP contribution in [0.5, 0.6) is 0 Å². The van der Waals surface area contributed by atoms with Gasteiger partial charge in [0, 0.05) is 6.42 Å². The van der Waals surface area contributed by atoms with Crippen LogP contribution in [0.15, 0.2) is 24.3 Å². The molecule has 0 aromatic heterocycles. The minimum Gasteiger partial charge on any atom is -0.394 e. The summed E-state index contributed by atoms with van der Waals surface area (Å²) < 4.78 is 0. The highest BCUT2D eigenvalue weighted by Gasteiger charge is 2.17. The van der Waals surface area contributed by atoms with Gasteiger partial charge in [-0.25, -0.2) is 0 Å². The molecule has 0 rings (SSSR count). The third kappa shape index (κ3) is 28.4. The van der Waals surface area contributed by atoms with E-state index in [1.807, 2.05) is 6.08 Å². The molecule has 0 aliphatic heterocycles. The van der Waals surface area contributed by atoms with Crippen LogP contribution in [0.2, 0.25) is 0 Å². The Hall–Kier alpha value is -1.13. The van der Waals surface area contributed by atoms with Gasteiger partial charge in [-0.1, -0.05) is 167 Å². The number of hydrogen-bond acceptors (Lipinski definition) is 3. The Morgan fingerprint density at radius 3 is 1.45 bits per heavy atom. The molecule has 0 aromatic rings. The minimum absolute atomic E-state index is 0.0817. The molecule has 0 aliphatic rings. The van der Waals surface area contributed by atoms with Gasteiger partial charge in [0.05, 0.1) is 18.8 Å². The fraction of sp³-hybridized carbons (Fsp3) is 0.861. The topological polar surface area (TPSA) is 69.6 Å². The van der Waals surface area contributed by atoms with Crippen LogP contribution in [-0.2, 0) is 4.79 Å². The molecule has 4 nitrogen and oxygen atoms in total. The van der Waals surface area contributed by atoms with Crippen molar-refractivity contribution in [2.45, 2.75) is 193 Å². The molecule has 2 atom stereocenters. The van der Waals surface area contributed by atoms with E-state index in [0.29, 0.717) is 6.42 Å². The van der Waals surface area contributed by atoms with Gasteiger partial charge in [0.1, 0.15) is 0 Å². The highest BCUT2D eigenvalue weighted by atomic mass is 16.3. The molecule has 0 saturated carbocycles. The zero-order valence-corrected chi connectivity index (χ0v) is 26.9. The number of aliphatic hydroxyl groups excluding tert-OH is 2. The van der Waals surface area contributed by atoms with Gasteiger partial charge < -0.3 is 15.5 Å². The molecule has 236 valence electrons. The van der Waals surface area contributed by atoms with Crippen LogP contribution < -0.4 is 5.32 Å². The zero-order chi connectivity index (χ0) is 29.4. The number of rotatable bonds is 31. The molecule has 0 radical (unpaired) electrons.